The van der Waals surface area contributed by atoms with Crippen LogP contribution in [0.15, 0.2) is 0 Å². The number of hydrogen-bond acceptors (Lipinski definition) is 4. The van der Waals surface area contributed by atoms with Gasteiger partial charge in [-0.25, -0.2) is 13.1 Å². The van der Waals surface area contributed by atoms with Gasteiger partial charge in [-0.05, 0) is 6.42 Å². The molecule has 0 aromatic carbocycles. The molecule has 0 saturated carbocycles. The van der Waals surface area contributed by atoms with Gasteiger partial charge in [-0.3, -0.25) is 4.79 Å². The molecule has 0 aromatic rings. The lowest BCUT2D eigenvalue weighted by Gasteiger charge is -2.17. The predicted octanol–water partition coefficient (Wildman–Crippen LogP) is -1.14. The number of carbonyl (C=O) groups is 1. The normalized spacial score (nSPS) is 22.8. The molecule has 0 aromatic heterocycles. The zero-order valence-corrected chi connectivity index (χ0v) is 10.5. The van der Waals surface area contributed by atoms with E-state index in [9.17, 15) is 13.2 Å². The van der Waals surface area contributed by atoms with Crippen LogP contribution in [0.2, 0.25) is 0 Å². The number of nitrogens with one attached hydrogen (secondary N) is 2. The number of nitrogens with two attached hydrogens (primary N) is 1. The van der Waals surface area contributed by atoms with E-state index in [-0.39, 0.29) is 17.3 Å². The van der Waals surface area contributed by atoms with Gasteiger partial charge in [0, 0.05) is 19.0 Å². The Balaban J connectivity index is 2.71. The highest BCUT2D eigenvalue weighted by Gasteiger charge is 2.31. The Bertz CT molecular complexity index is 393. The van der Waals surface area contributed by atoms with Crippen molar-refractivity contribution in [1.82, 2.24) is 10.0 Å². The Kier molecular flexibility index (Phi) is 4.22. The number of thiocarbonyl (C=S) groups is 1. The molecule has 1 saturated heterocycles. The van der Waals surface area contributed by atoms with E-state index in [2.05, 4.69) is 10.0 Å². The molecule has 0 bridgehead atoms. The number of rotatable bonds is 5. The Hall–Kier alpha value is -0.730. The fourth-order valence-electron chi connectivity index (χ4n) is 1.58. The molecule has 6 nitrogen and oxygen atoms in total. The van der Waals surface area contributed by atoms with Crippen LogP contribution in [0.1, 0.15) is 19.8 Å². The van der Waals surface area contributed by atoms with Crippen LogP contribution in [0.4, 0.5) is 0 Å². The maximum atomic E-state index is 11.8. The average molecular weight is 265 g/mol. The Morgan fingerprint density at radius 3 is 2.75 bits per heavy atom. The first-order chi connectivity index (χ1) is 7.36. The Morgan fingerprint density at radius 2 is 2.38 bits per heavy atom. The molecule has 1 fully saturated rings. The summed E-state index contributed by atoms with van der Waals surface area (Å²) in [5, 5.41) is 1.67. The summed E-state index contributed by atoms with van der Waals surface area (Å²) in [5.74, 6) is -0.156. The number of hydrogen-bond donors (Lipinski definition) is 3. The molecule has 1 heterocycles. The van der Waals surface area contributed by atoms with E-state index in [0.29, 0.717) is 13.0 Å². The predicted molar refractivity (Wildman–Crippen MR) is 64.3 cm³/mol. The quantitative estimate of drug-likeness (QED) is 0.545. The second-order valence-corrected chi connectivity index (χ2v) is 6.03. The van der Waals surface area contributed by atoms with Crippen LogP contribution in [0.3, 0.4) is 0 Å². The second-order valence-electron chi connectivity index (χ2n) is 3.67. The van der Waals surface area contributed by atoms with Crippen LogP contribution in [-0.2, 0) is 14.8 Å². The van der Waals surface area contributed by atoms with Gasteiger partial charge in [0.2, 0.25) is 15.9 Å². The summed E-state index contributed by atoms with van der Waals surface area (Å²) >= 11 is 4.70. The van der Waals surface area contributed by atoms with Gasteiger partial charge in [0.05, 0.1) is 4.99 Å². The van der Waals surface area contributed by atoms with Crippen LogP contribution in [0, 0.1) is 0 Å². The third-order valence-corrected chi connectivity index (χ3v) is 4.80. The van der Waals surface area contributed by atoms with E-state index >= 15 is 0 Å². The van der Waals surface area contributed by atoms with Gasteiger partial charge in [0.25, 0.3) is 0 Å². The lowest BCUT2D eigenvalue weighted by molar-refractivity contribution is -0.119. The lowest BCUT2D eigenvalue weighted by Crippen LogP contribution is -2.46. The highest BCUT2D eigenvalue weighted by atomic mass is 32.2. The van der Waals surface area contributed by atoms with Gasteiger partial charge < -0.3 is 11.1 Å². The Morgan fingerprint density at radius 1 is 1.75 bits per heavy atom. The van der Waals surface area contributed by atoms with Gasteiger partial charge in [-0.2, -0.15) is 0 Å². The maximum Gasteiger partial charge on any atom is 0.221 e. The molecular weight excluding hydrogens is 250 g/mol. The van der Waals surface area contributed by atoms with Crippen LogP contribution < -0.4 is 15.8 Å². The molecule has 0 spiro atoms. The van der Waals surface area contributed by atoms with E-state index in [1.807, 2.05) is 0 Å². The average Bonchev–Trinajstić information content (AvgIpc) is 2.49. The van der Waals surface area contributed by atoms with Crippen LogP contribution in [0.5, 0.6) is 0 Å². The zero-order chi connectivity index (χ0) is 12.3. The molecule has 1 aliphatic heterocycles. The lowest BCUT2D eigenvalue weighted by atomic mass is 10.3. The van der Waals surface area contributed by atoms with Crippen molar-refractivity contribution < 1.29 is 13.2 Å². The third kappa shape index (κ3) is 3.13. The molecule has 8 heteroatoms. The molecule has 16 heavy (non-hydrogen) atoms. The third-order valence-electron chi connectivity index (χ3n) is 2.37. The summed E-state index contributed by atoms with van der Waals surface area (Å²) in [6, 6.07) is -0.402. The molecular formula is C8H15N3O3S2. The van der Waals surface area contributed by atoms with Crippen molar-refractivity contribution in [3.8, 4) is 0 Å². The van der Waals surface area contributed by atoms with Crippen molar-refractivity contribution in [2.45, 2.75) is 31.1 Å². The molecule has 1 amide bonds. The molecule has 0 radical (unpaired) electrons. The summed E-state index contributed by atoms with van der Waals surface area (Å²) in [6.45, 7) is 2.01. The monoisotopic (exact) mass is 265 g/mol. The highest BCUT2D eigenvalue weighted by molar-refractivity contribution is 7.93. The van der Waals surface area contributed by atoms with E-state index in [4.69, 9.17) is 18.0 Å². The van der Waals surface area contributed by atoms with Crippen molar-refractivity contribution >= 4 is 33.1 Å². The minimum atomic E-state index is -3.59. The zero-order valence-electron chi connectivity index (χ0n) is 8.89. The van der Waals surface area contributed by atoms with Gasteiger partial charge >= 0.3 is 0 Å². The molecule has 0 aliphatic carbocycles. The van der Waals surface area contributed by atoms with Crippen molar-refractivity contribution in [1.29, 1.82) is 0 Å². The van der Waals surface area contributed by atoms with Crippen molar-refractivity contribution in [2.24, 2.45) is 5.73 Å². The SMILES string of the molecule is CCC(C(N)=S)S(=O)(=O)NC1CNC(=O)C1. The molecule has 1 rings (SSSR count). The van der Waals surface area contributed by atoms with Crippen molar-refractivity contribution in [2.75, 3.05) is 6.54 Å². The largest absolute Gasteiger partial charge is 0.392 e. The van der Waals surface area contributed by atoms with Gasteiger partial charge in [0.1, 0.15) is 5.25 Å². The fraction of sp³-hybridized carbons (Fsp3) is 0.750. The molecule has 2 atom stereocenters. The summed E-state index contributed by atoms with van der Waals surface area (Å²) in [5.41, 5.74) is 5.36. The van der Waals surface area contributed by atoms with Crippen LogP contribution in [0.25, 0.3) is 0 Å². The summed E-state index contributed by atoms with van der Waals surface area (Å²) in [4.78, 5) is 10.9. The van der Waals surface area contributed by atoms with Crippen LogP contribution >= 0.6 is 12.2 Å². The van der Waals surface area contributed by atoms with E-state index < -0.39 is 21.3 Å². The molecule has 1 aliphatic rings. The van der Waals surface area contributed by atoms with Gasteiger partial charge in [-0.15, -0.1) is 0 Å². The summed E-state index contributed by atoms with van der Waals surface area (Å²) in [7, 11) is -3.59. The fourth-order valence-corrected chi connectivity index (χ4v) is 3.66. The van der Waals surface area contributed by atoms with Crippen molar-refractivity contribution in [3.05, 3.63) is 0 Å². The Labute approximate surface area is 100 Å². The van der Waals surface area contributed by atoms with Gasteiger partial charge in [0.15, 0.2) is 0 Å². The topological polar surface area (TPSA) is 101 Å². The van der Waals surface area contributed by atoms with E-state index in [1.165, 1.54) is 0 Å². The summed E-state index contributed by atoms with van der Waals surface area (Å²) < 4.78 is 26.1. The number of amides is 1. The minimum absolute atomic E-state index is 0.0488. The summed E-state index contributed by atoms with van der Waals surface area (Å²) in [6.07, 6.45) is 0.478. The maximum absolute atomic E-state index is 11.8. The number of carbonyl (C=O) groups excluding carboxylic acids is 1. The smallest absolute Gasteiger partial charge is 0.221 e. The highest BCUT2D eigenvalue weighted by Crippen LogP contribution is 2.08. The molecule has 92 valence electrons. The second kappa shape index (κ2) is 5.07. The molecule has 4 N–H and O–H groups in total. The first kappa shape index (κ1) is 13.3. The molecule has 2 unspecified atom stereocenters. The minimum Gasteiger partial charge on any atom is -0.392 e. The first-order valence-corrected chi connectivity index (χ1v) is 6.89. The first-order valence-electron chi connectivity index (χ1n) is 4.94. The van der Waals surface area contributed by atoms with Crippen LogP contribution in [-0.4, -0.2) is 37.2 Å². The van der Waals surface area contributed by atoms with E-state index in [1.54, 1.807) is 6.92 Å². The number of sulfonamides is 1. The van der Waals surface area contributed by atoms with Crippen molar-refractivity contribution in [3.63, 3.8) is 0 Å². The standard InChI is InChI=1S/C8H15N3O3S2/c1-2-6(8(9)15)16(13,14)11-5-3-7(12)10-4-5/h5-6,11H,2-4H2,1H3,(H2,9,15)(H,10,12). The van der Waals surface area contributed by atoms with Gasteiger partial charge in [-0.1, -0.05) is 19.1 Å². The van der Waals surface area contributed by atoms with E-state index in [0.717, 1.165) is 0 Å².